The Labute approximate surface area is 139 Å². The van der Waals surface area contributed by atoms with Crippen LogP contribution < -0.4 is 5.32 Å². The van der Waals surface area contributed by atoms with E-state index in [0.717, 1.165) is 5.82 Å². The zero-order valence-electron chi connectivity index (χ0n) is 13.5. The van der Waals surface area contributed by atoms with Crippen LogP contribution in [0.5, 0.6) is 0 Å². The van der Waals surface area contributed by atoms with Gasteiger partial charge in [0.1, 0.15) is 11.5 Å². The molecule has 1 amide bonds. The van der Waals surface area contributed by atoms with Gasteiger partial charge in [0.25, 0.3) is 0 Å². The molecule has 0 saturated carbocycles. The fourth-order valence-corrected chi connectivity index (χ4v) is 2.47. The van der Waals surface area contributed by atoms with Crippen molar-refractivity contribution in [3.63, 3.8) is 0 Å². The molecule has 2 N–H and O–H groups in total. The largest absolute Gasteiger partial charge is 0.388 e. The molecule has 0 aliphatic rings. The summed E-state index contributed by atoms with van der Waals surface area (Å²) >= 11 is 0. The van der Waals surface area contributed by atoms with Crippen LogP contribution in [0.1, 0.15) is 18.1 Å². The third kappa shape index (κ3) is 3.36. The molecule has 0 aliphatic heterocycles. The van der Waals surface area contributed by atoms with E-state index >= 15 is 0 Å². The zero-order valence-corrected chi connectivity index (χ0v) is 13.5. The van der Waals surface area contributed by atoms with E-state index in [1.165, 1.54) is 0 Å². The molecule has 1 atom stereocenters. The number of hydrogen-bond acceptors (Lipinski definition) is 4. The first kappa shape index (κ1) is 15.9. The second-order valence-electron chi connectivity index (χ2n) is 5.58. The average molecular weight is 325 g/mol. The van der Waals surface area contributed by atoms with E-state index in [1.807, 2.05) is 36.0 Å². The van der Waals surface area contributed by atoms with E-state index in [4.69, 9.17) is 0 Å². The summed E-state index contributed by atoms with van der Waals surface area (Å²) in [7, 11) is 3.63. The number of amides is 1. The van der Waals surface area contributed by atoms with Crippen molar-refractivity contribution in [2.75, 3.05) is 5.32 Å². The minimum atomic E-state index is -0.839. The minimum Gasteiger partial charge on any atom is -0.388 e. The Kier molecular flexibility index (Phi) is 4.43. The molecule has 2 aromatic heterocycles. The van der Waals surface area contributed by atoms with Crippen LogP contribution >= 0.6 is 0 Å². The summed E-state index contributed by atoms with van der Waals surface area (Å²) in [5, 5.41) is 17.3. The highest BCUT2D eigenvalue weighted by atomic mass is 16.3. The monoisotopic (exact) mass is 325 g/mol. The topological polar surface area (TPSA) is 85.0 Å². The van der Waals surface area contributed by atoms with Gasteiger partial charge in [0.15, 0.2) is 5.82 Å². The average Bonchev–Trinajstić information content (AvgIpc) is 3.14. The van der Waals surface area contributed by atoms with E-state index < -0.39 is 6.10 Å². The highest BCUT2D eigenvalue weighted by Crippen LogP contribution is 2.21. The van der Waals surface area contributed by atoms with Crippen LogP contribution in [0.2, 0.25) is 0 Å². The van der Waals surface area contributed by atoms with Crippen molar-refractivity contribution < 1.29 is 9.90 Å². The summed E-state index contributed by atoms with van der Waals surface area (Å²) in [5.41, 5.74) is 1.38. The Bertz CT molecular complexity index is 838. The Morgan fingerprint density at radius 3 is 2.71 bits per heavy atom. The van der Waals surface area contributed by atoms with Crippen LogP contribution in [0.25, 0.3) is 11.5 Å². The van der Waals surface area contributed by atoms with Crippen molar-refractivity contribution >= 4 is 11.7 Å². The van der Waals surface area contributed by atoms with Crippen molar-refractivity contribution in [2.45, 2.75) is 12.5 Å². The summed E-state index contributed by atoms with van der Waals surface area (Å²) < 4.78 is 3.43. The van der Waals surface area contributed by atoms with Gasteiger partial charge in [0.2, 0.25) is 5.91 Å². The van der Waals surface area contributed by atoms with Crippen molar-refractivity contribution in [1.82, 2.24) is 19.3 Å². The SMILES string of the molecule is Cn1ccnc1-c1cc(NC(=O)CC(O)c2ccccc2)n(C)n1. The van der Waals surface area contributed by atoms with E-state index in [9.17, 15) is 9.90 Å². The molecule has 2 heterocycles. The Balaban J connectivity index is 1.69. The van der Waals surface area contributed by atoms with E-state index in [2.05, 4.69) is 15.4 Å². The lowest BCUT2D eigenvalue weighted by molar-refractivity contribution is -0.118. The van der Waals surface area contributed by atoms with Gasteiger partial charge >= 0.3 is 0 Å². The molecule has 0 fully saturated rings. The Morgan fingerprint density at radius 2 is 2.04 bits per heavy atom. The number of carbonyl (C=O) groups is 1. The number of anilines is 1. The smallest absolute Gasteiger partial charge is 0.228 e. The van der Waals surface area contributed by atoms with Gasteiger partial charge in [0.05, 0.1) is 12.5 Å². The van der Waals surface area contributed by atoms with Crippen molar-refractivity contribution in [3.8, 4) is 11.5 Å². The fourth-order valence-electron chi connectivity index (χ4n) is 2.47. The van der Waals surface area contributed by atoms with Gasteiger partial charge in [-0.3, -0.25) is 9.48 Å². The Morgan fingerprint density at radius 1 is 1.29 bits per heavy atom. The van der Waals surface area contributed by atoms with Gasteiger partial charge in [-0.1, -0.05) is 30.3 Å². The number of aliphatic hydroxyl groups is 1. The minimum absolute atomic E-state index is 0.0209. The zero-order chi connectivity index (χ0) is 17.1. The van der Waals surface area contributed by atoms with Crippen molar-refractivity contribution in [3.05, 3.63) is 54.4 Å². The summed E-state index contributed by atoms with van der Waals surface area (Å²) in [6.07, 6.45) is 2.66. The molecule has 0 spiro atoms. The number of nitrogens with zero attached hydrogens (tertiary/aromatic N) is 4. The van der Waals surface area contributed by atoms with Crippen molar-refractivity contribution in [2.24, 2.45) is 14.1 Å². The van der Waals surface area contributed by atoms with Crippen LogP contribution in [0, 0.1) is 0 Å². The number of aryl methyl sites for hydroxylation is 2. The van der Waals surface area contributed by atoms with Crippen molar-refractivity contribution in [1.29, 1.82) is 0 Å². The number of aromatic nitrogens is 4. The molecule has 124 valence electrons. The molecule has 3 rings (SSSR count). The standard InChI is InChI=1S/C17H19N5O2/c1-21-9-8-18-17(21)13-10-15(22(2)20-13)19-16(24)11-14(23)12-6-4-3-5-7-12/h3-10,14,23H,11H2,1-2H3,(H,19,24). The van der Waals surface area contributed by atoms with Crippen LogP contribution in [0.3, 0.4) is 0 Å². The highest BCUT2D eigenvalue weighted by molar-refractivity contribution is 5.90. The maximum Gasteiger partial charge on any atom is 0.228 e. The lowest BCUT2D eigenvalue weighted by Gasteiger charge is -2.11. The van der Waals surface area contributed by atoms with Gasteiger partial charge < -0.3 is 15.0 Å². The van der Waals surface area contributed by atoms with Gasteiger partial charge in [-0.25, -0.2) is 4.98 Å². The number of aliphatic hydroxyl groups excluding tert-OH is 1. The highest BCUT2D eigenvalue weighted by Gasteiger charge is 2.16. The number of benzene rings is 1. The number of carbonyl (C=O) groups excluding carboxylic acids is 1. The van der Waals surface area contributed by atoms with Crippen LogP contribution in [-0.2, 0) is 18.9 Å². The van der Waals surface area contributed by atoms with Crippen LogP contribution in [0.15, 0.2) is 48.8 Å². The maximum absolute atomic E-state index is 12.2. The van der Waals surface area contributed by atoms with Gasteiger partial charge in [-0.15, -0.1) is 0 Å². The summed E-state index contributed by atoms with van der Waals surface area (Å²) in [5.74, 6) is 0.995. The van der Waals surface area contributed by atoms with Crippen LogP contribution in [-0.4, -0.2) is 30.3 Å². The summed E-state index contributed by atoms with van der Waals surface area (Å²) in [6, 6.07) is 10.9. The number of rotatable bonds is 5. The van der Waals surface area contributed by atoms with Gasteiger partial charge in [-0.2, -0.15) is 5.10 Å². The maximum atomic E-state index is 12.2. The summed E-state index contributed by atoms with van der Waals surface area (Å²) in [4.78, 5) is 16.4. The number of hydrogen-bond donors (Lipinski definition) is 2. The van der Waals surface area contributed by atoms with Crippen LogP contribution in [0.4, 0.5) is 5.82 Å². The van der Waals surface area contributed by atoms with E-state index in [1.54, 1.807) is 36.1 Å². The number of nitrogens with one attached hydrogen (secondary N) is 1. The number of imidazole rings is 1. The molecule has 3 aromatic rings. The molecule has 1 unspecified atom stereocenters. The second kappa shape index (κ2) is 6.67. The molecular formula is C17H19N5O2. The fraction of sp³-hybridized carbons (Fsp3) is 0.235. The molecule has 7 heteroatoms. The van der Waals surface area contributed by atoms with Gasteiger partial charge in [-0.05, 0) is 5.56 Å². The van der Waals surface area contributed by atoms with E-state index in [0.29, 0.717) is 17.1 Å². The first-order valence-corrected chi connectivity index (χ1v) is 7.59. The molecule has 1 aromatic carbocycles. The Hall–Kier alpha value is -2.93. The second-order valence-corrected chi connectivity index (χ2v) is 5.58. The quantitative estimate of drug-likeness (QED) is 0.750. The molecule has 0 radical (unpaired) electrons. The first-order chi connectivity index (χ1) is 11.5. The summed E-state index contributed by atoms with van der Waals surface area (Å²) in [6.45, 7) is 0. The molecular weight excluding hydrogens is 306 g/mol. The van der Waals surface area contributed by atoms with E-state index in [-0.39, 0.29) is 12.3 Å². The normalized spacial score (nSPS) is 12.1. The molecule has 0 aliphatic carbocycles. The third-order valence-corrected chi connectivity index (χ3v) is 3.76. The first-order valence-electron chi connectivity index (χ1n) is 7.59. The van der Waals surface area contributed by atoms with Gasteiger partial charge in [0, 0.05) is 32.6 Å². The predicted octanol–water partition coefficient (Wildman–Crippen LogP) is 1.88. The molecule has 0 bridgehead atoms. The lowest BCUT2D eigenvalue weighted by atomic mass is 10.1. The molecule has 7 nitrogen and oxygen atoms in total. The molecule has 24 heavy (non-hydrogen) atoms. The predicted molar refractivity (Wildman–Crippen MR) is 90.1 cm³/mol. The molecule has 0 saturated heterocycles. The lowest BCUT2D eigenvalue weighted by Crippen LogP contribution is -2.17. The third-order valence-electron chi connectivity index (χ3n) is 3.76.